The highest BCUT2D eigenvalue weighted by atomic mass is 32.2. The molecule has 9 heteroatoms. The molecule has 0 atom stereocenters. The Kier molecular flexibility index (Phi) is 5.83. The average Bonchev–Trinajstić information content (AvgIpc) is 2.67. The number of hydrogen-bond donors (Lipinski definition) is 1. The molecular formula is C18H18F2N2O4S. The van der Waals surface area contributed by atoms with Crippen LogP contribution in [0.3, 0.4) is 0 Å². The molecule has 27 heavy (non-hydrogen) atoms. The lowest BCUT2D eigenvalue weighted by molar-refractivity contribution is 0.0730. The van der Waals surface area contributed by atoms with E-state index >= 15 is 0 Å². The molecule has 2 aromatic carbocycles. The Morgan fingerprint density at radius 2 is 1.74 bits per heavy atom. The van der Waals surface area contributed by atoms with Gasteiger partial charge >= 0.3 is 0 Å². The molecule has 0 aromatic heterocycles. The van der Waals surface area contributed by atoms with Crippen molar-refractivity contribution in [3.63, 3.8) is 0 Å². The van der Waals surface area contributed by atoms with Crippen LogP contribution in [0.15, 0.2) is 47.4 Å². The van der Waals surface area contributed by atoms with Crippen molar-refractivity contribution >= 4 is 15.9 Å². The van der Waals surface area contributed by atoms with Gasteiger partial charge in [0.1, 0.15) is 11.6 Å². The molecule has 2 aromatic rings. The van der Waals surface area contributed by atoms with E-state index in [0.29, 0.717) is 37.9 Å². The summed E-state index contributed by atoms with van der Waals surface area (Å²) in [5, 5.41) is 2.52. The first-order valence-electron chi connectivity index (χ1n) is 8.28. The third-order valence-corrected chi connectivity index (χ3v) is 6.07. The van der Waals surface area contributed by atoms with Crippen molar-refractivity contribution in [1.29, 1.82) is 0 Å². The smallest absolute Gasteiger partial charge is 0.254 e. The van der Waals surface area contributed by atoms with E-state index in [9.17, 15) is 22.0 Å². The number of carbonyl (C=O) groups is 1. The van der Waals surface area contributed by atoms with Crippen molar-refractivity contribution in [2.45, 2.75) is 11.4 Å². The predicted molar refractivity (Wildman–Crippen MR) is 93.5 cm³/mol. The maximum atomic E-state index is 13.6. The normalized spacial score (nSPS) is 15.5. The van der Waals surface area contributed by atoms with Crippen LogP contribution in [0.4, 0.5) is 8.78 Å². The number of carbonyl (C=O) groups excluding carboxylic acids is 1. The maximum absolute atomic E-state index is 13.6. The van der Waals surface area contributed by atoms with E-state index < -0.39 is 27.6 Å². The van der Waals surface area contributed by atoms with Crippen LogP contribution in [0.5, 0.6) is 0 Å². The number of halogens is 2. The van der Waals surface area contributed by atoms with Gasteiger partial charge in [0.05, 0.1) is 23.7 Å². The zero-order valence-electron chi connectivity index (χ0n) is 14.3. The molecule has 0 aliphatic carbocycles. The first-order valence-corrected chi connectivity index (χ1v) is 9.72. The topological polar surface area (TPSA) is 75.7 Å². The number of nitrogens with one attached hydrogen (secondary N) is 1. The van der Waals surface area contributed by atoms with Crippen molar-refractivity contribution < 1.29 is 26.7 Å². The van der Waals surface area contributed by atoms with Crippen molar-refractivity contribution in [2.75, 3.05) is 26.3 Å². The molecule has 0 saturated carbocycles. The molecule has 0 spiro atoms. The molecule has 1 heterocycles. The van der Waals surface area contributed by atoms with Crippen LogP contribution in [-0.4, -0.2) is 44.9 Å². The van der Waals surface area contributed by atoms with E-state index in [2.05, 4.69) is 5.32 Å². The fourth-order valence-electron chi connectivity index (χ4n) is 2.67. The molecule has 1 saturated heterocycles. The van der Waals surface area contributed by atoms with Crippen molar-refractivity contribution in [3.8, 4) is 0 Å². The van der Waals surface area contributed by atoms with Crippen molar-refractivity contribution in [2.24, 2.45) is 0 Å². The van der Waals surface area contributed by atoms with Gasteiger partial charge in [-0.25, -0.2) is 17.2 Å². The summed E-state index contributed by atoms with van der Waals surface area (Å²) in [6.45, 7) is 1.42. The number of rotatable bonds is 5. The molecule has 1 amide bonds. The molecule has 6 nitrogen and oxygen atoms in total. The highest BCUT2D eigenvalue weighted by Gasteiger charge is 2.26. The fourth-order valence-corrected chi connectivity index (χ4v) is 4.07. The molecule has 1 aliphatic heterocycles. The quantitative estimate of drug-likeness (QED) is 0.838. The number of benzene rings is 2. The van der Waals surface area contributed by atoms with Gasteiger partial charge in [-0.2, -0.15) is 4.31 Å². The number of amides is 1. The SMILES string of the molecule is O=C(NCc1ccc(S(=O)(=O)N2CCOCC2)cc1)c1ccc(F)cc1F. The van der Waals surface area contributed by atoms with Gasteiger partial charge in [-0.1, -0.05) is 12.1 Å². The van der Waals surface area contributed by atoms with Gasteiger partial charge in [-0.3, -0.25) is 4.79 Å². The summed E-state index contributed by atoms with van der Waals surface area (Å²) < 4.78 is 58.1. The lowest BCUT2D eigenvalue weighted by atomic mass is 10.2. The Balaban J connectivity index is 1.64. The van der Waals surface area contributed by atoms with Gasteiger partial charge in [0.15, 0.2) is 0 Å². The average molecular weight is 396 g/mol. The first-order chi connectivity index (χ1) is 12.9. The Hall–Kier alpha value is -2.36. The minimum Gasteiger partial charge on any atom is -0.379 e. The van der Waals surface area contributed by atoms with Gasteiger partial charge in [-0.15, -0.1) is 0 Å². The summed E-state index contributed by atoms with van der Waals surface area (Å²) in [6, 6.07) is 8.79. The number of ether oxygens (including phenoxy) is 1. The highest BCUT2D eigenvalue weighted by molar-refractivity contribution is 7.89. The molecule has 1 N–H and O–H groups in total. The standard InChI is InChI=1S/C18H18F2N2O4S/c19-14-3-6-16(17(20)11-14)18(23)21-12-13-1-4-15(5-2-13)27(24,25)22-7-9-26-10-8-22/h1-6,11H,7-10,12H2,(H,21,23). The largest absolute Gasteiger partial charge is 0.379 e. The van der Waals surface area contributed by atoms with Crippen molar-refractivity contribution in [3.05, 3.63) is 65.2 Å². The minimum absolute atomic E-state index is 0.0769. The zero-order chi connectivity index (χ0) is 19.4. The van der Waals surface area contributed by atoms with Gasteiger partial charge in [-0.05, 0) is 29.8 Å². The number of sulfonamides is 1. The summed E-state index contributed by atoms with van der Waals surface area (Å²) in [7, 11) is -3.58. The molecule has 1 fully saturated rings. The van der Waals surface area contributed by atoms with E-state index in [1.54, 1.807) is 12.1 Å². The fraction of sp³-hybridized carbons (Fsp3) is 0.278. The Labute approximate surface area is 155 Å². The van der Waals surface area contributed by atoms with E-state index in [1.807, 2.05) is 0 Å². The van der Waals surface area contributed by atoms with Gasteiger partial charge in [0.25, 0.3) is 5.91 Å². The molecule has 144 valence electrons. The van der Waals surface area contributed by atoms with Crippen LogP contribution in [0.1, 0.15) is 15.9 Å². The zero-order valence-corrected chi connectivity index (χ0v) is 15.1. The molecular weight excluding hydrogens is 378 g/mol. The first kappa shape index (κ1) is 19.4. The van der Waals surface area contributed by atoms with E-state index in [1.165, 1.54) is 16.4 Å². The number of hydrogen-bond acceptors (Lipinski definition) is 4. The summed E-state index contributed by atoms with van der Waals surface area (Å²) in [5.41, 5.74) is 0.384. The minimum atomic E-state index is -3.58. The number of nitrogens with zero attached hydrogens (tertiary/aromatic N) is 1. The summed E-state index contributed by atoms with van der Waals surface area (Å²) in [4.78, 5) is 12.2. The van der Waals surface area contributed by atoms with E-state index in [0.717, 1.165) is 12.1 Å². The van der Waals surface area contributed by atoms with Crippen LogP contribution in [0, 0.1) is 11.6 Å². The van der Waals surface area contributed by atoms with E-state index in [-0.39, 0.29) is 17.0 Å². The second kappa shape index (κ2) is 8.12. The lowest BCUT2D eigenvalue weighted by Gasteiger charge is -2.26. The predicted octanol–water partition coefficient (Wildman–Crippen LogP) is 1.92. The Bertz CT molecular complexity index is 927. The van der Waals surface area contributed by atoms with Gasteiger partial charge in [0.2, 0.25) is 10.0 Å². The molecule has 3 rings (SSSR count). The molecule has 0 unspecified atom stereocenters. The van der Waals surface area contributed by atoms with Crippen LogP contribution >= 0.6 is 0 Å². The van der Waals surface area contributed by atoms with Crippen LogP contribution in [0.25, 0.3) is 0 Å². The van der Waals surface area contributed by atoms with Crippen molar-refractivity contribution in [1.82, 2.24) is 9.62 Å². The number of morpholine rings is 1. The Morgan fingerprint density at radius 3 is 2.37 bits per heavy atom. The molecule has 1 aliphatic rings. The van der Waals surface area contributed by atoms with Crippen LogP contribution < -0.4 is 5.32 Å². The van der Waals surface area contributed by atoms with Gasteiger partial charge < -0.3 is 10.1 Å². The highest BCUT2D eigenvalue weighted by Crippen LogP contribution is 2.18. The third-order valence-electron chi connectivity index (χ3n) is 4.16. The van der Waals surface area contributed by atoms with E-state index in [4.69, 9.17) is 4.74 Å². The summed E-state index contributed by atoms with van der Waals surface area (Å²) in [6.07, 6.45) is 0. The second-order valence-electron chi connectivity index (χ2n) is 5.97. The maximum Gasteiger partial charge on any atom is 0.254 e. The third kappa shape index (κ3) is 4.49. The monoisotopic (exact) mass is 396 g/mol. The second-order valence-corrected chi connectivity index (χ2v) is 7.91. The summed E-state index contributed by atoms with van der Waals surface area (Å²) in [5.74, 6) is -2.39. The molecule has 0 radical (unpaired) electrons. The lowest BCUT2D eigenvalue weighted by Crippen LogP contribution is -2.40. The molecule has 0 bridgehead atoms. The van der Waals surface area contributed by atoms with Crippen LogP contribution in [-0.2, 0) is 21.3 Å². The van der Waals surface area contributed by atoms with Crippen LogP contribution in [0.2, 0.25) is 0 Å². The summed E-state index contributed by atoms with van der Waals surface area (Å²) >= 11 is 0. The van der Waals surface area contributed by atoms with Gasteiger partial charge in [0, 0.05) is 25.7 Å². The Morgan fingerprint density at radius 1 is 1.07 bits per heavy atom.